The van der Waals surface area contributed by atoms with Gasteiger partial charge in [0.05, 0.1) is 0 Å². The molecule has 1 aromatic rings. The second kappa shape index (κ2) is 12.4. The molecule has 0 heterocycles. The van der Waals surface area contributed by atoms with E-state index in [0.29, 0.717) is 19.6 Å². The van der Waals surface area contributed by atoms with E-state index in [1.54, 1.807) is 0 Å². The van der Waals surface area contributed by atoms with Gasteiger partial charge < -0.3 is 19.7 Å². The highest BCUT2D eigenvalue weighted by molar-refractivity contribution is 5.69. The third kappa shape index (κ3) is 10.6. The van der Waals surface area contributed by atoms with E-state index in [0.717, 1.165) is 31.4 Å². The Kier molecular flexibility index (Phi) is 10.3. The average molecular weight is 336 g/mol. The molecule has 0 fully saturated rings. The molecular formula is C18H28N2O4. The monoisotopic (exact) mass is 336 g/mol. The first kappa shape index (κ1) is 20.0. The number of amides is 1. The molecular weight excluding hydrogens is 308 g/mol. The van der Waals surface area contributed by atoms with Crippen LogP contribution < -0.4 is 5.32 Å². The molecule has 0 saturated heterocycles. The molecule has 0 aromatic heterocycles. The molecule has 0 saturated carbocycles. The van der Waals surface area contributed by atoms with Gasteiger partial charge in [-0.15, -0.1) is 0 Å². The molecule has 0 bridgehead atoms. The van der Waals surface area contributed by atoms with Crippen molar-refractivity contribution < 1.29 is 19.1 Å². The van der Waals surface area contributed by atoms with Crippen molar-refractivity contribution >= 4 is 12.1 Å². The first-order chi connectivity index (χ1) is 11.6. The Morgan fingerprint density at radius 1 is 1.04 bits per heavy atom. The van der Waals surface area contributed by atoms with E-state index in [2.05, 4.69) is 5.32 Å². The van der Waals surface area contributed by atoms with Crippen molar-refractivity contribution in [2.45, 2.75) is 32.3 Å². The number of likely N-dealkylation sites (N-methyl/N-ethyl adjacent to an activating group) is 1. The Balaban J connectivity index is 1.94. The van der Waals surface area contributed by atoms with E-state index in [4.69, 9.17) is 9.47 Å². The molecule has 1 rings (SSSR count). The molecule has 0 aliphatic rings. The maximum Gasteiger partial charge on any atom is 0.407 e. The van der Waals surface area contributed by atoms with E-state index in [-0.39, 0.29) is 12.6 Å². The van der Waals surface area contributed by atoms with Crippen molar-refractivity contribution in [1.82, 2.24) is 10.2 Å². The summed E-state index contributed by atoms with van der Waals surface area (Å²) in [5.41, 5.74) is 0.959. The maximum absolute atomic E-state index is 11.5. The van der Waals surface area contributed by atoms with Gasteiger partial charge in [0.15, 0.2) is 0 Å². The van der Waals surface area contributed by atoms with E-state index < -0.39 is 6.09 Å². The zero-order valence-corrected chi connectivity index (χ0v) is 14.6. The van der Waals surface area contributed by atoms with Crippen LogP contribution in [0.2, 0.25) is 0 Å². The van der Waals surface area contributed by atoms with Gasteiger partial charge >= 0.3 is 12.1 Å². The Bertz CT molecular complexity index is 477. The highest BCUT2D eigenvalue weighted by Crippen LogP contribution is 2.02. The smallest absolute Gasteiger partial charge is 0.407 e. The van der Waals surface area contributed by atoms with Gasteiger partial charge in [-0.2, -0.15) is 0 Å². The number of nitrogens with one attached hydrogen (secondary N) is 1. The molecule has 0 unspecified atom stereocenters. The molecule has 24 heavy (non-hydrogen) atoms. The fourth-order valence-corrected chi connectivity index (χ4v) is 1.95. The number of nitrogens with zero attached hydrogens (tertiary/aromatic N) is 1. The van der Waals surface area contributed by atoms with Crippen molar-refractivity contribution in [1.29, 1.82) is 0 Å². The number of ether oxygens (including phenoxy) is 2. The van der Waals surface area contributed by atoms with Gasteiger partial charge in [0, 0.05) is 19.5 Å². The van der Waals surface area contributed by atoms with E-state index in [9.17, 15) is 9.59 Å². The number of carbonyl (C=O) groups excluding carboxylic acids is 2. The quantitative estimate of drug-likeness (QED) is 0.497. The lowest BCUT2D eigenvalue weighted by molar-refractivity contribution is -0.144. The van der Waals surface area contributed by atoms with Crippen LogP contribution in [0.25, 0.3) is 0 Å². The molecule has 0 aliphatic carbocycles. The summed E-state index contributed by atoms with van der Waals surface area (Å²) in [6, 6.07) is 9.54. The lowest BCUT2D eigenvalue weighted by Crippen LogP contribution is -2.25. The first-order valence-electron chi connectivity index (χ1n) is 8.33. The predicted octanol–water partition coefficient (Wildman–Crippen LogP) is 2.58. The van der Waals surface area contributed by atoms with Crippen LogP contribution in [-0.4, -0.2) is 50.8 Å². The molecule has 0 spiro atoms. The second-order valence-electron chi connectivity index (χ2n) is 5.82. The minimum absolute atomic E-state index is 0.160. The normalized spacial score (nSPS) is 10.5. The van der Waals surface area contributed by atoms with Gasteiger partial charge in [-0.25, -0.2) is 4.79 Å². The summed E-state index contributed by atoms with van der Waals surface area (Å²) >= 11 is 0. The van der Waals surface area contributed by atoms with Crippen LogP contribution in [0.3, 0.4) is 0 Å². The van der Waals surface area contributed by atoms with Crippen LogP contribution in [0, 0.1) is 0 Å². The van der Waals surface area contributed by atoms with Crippen molar-refractivity contribution in [2.75, 3.05) is 33.8 Å². The minimum Gasteiger partial charge on any atom is -0.464 e. The number of hydrogen-bond donors (Lipinski definition) is 1. The molecule has 0 radical (unpaired) electrons. The summed E-state index contributed by atoms with van der Waals surface area (Å²) in [4.78, 5) is 24.9. The van der Waals surface area contributed by atoms with Crippen LogP contribution in [0.5, 0.6) is 0 Å². The van der Waals surface area contributed by atoms with Crippen LogP contribution in [0.1, 0.15) is 31.2 Å². The van der Waals surface area contributed by atoms with Crippen LogP contribution in [-0.2, 0) is 20.9 Å². The summed E-state index contributed by atoms with van der Waals surface area (Å²) in [6.07, 6.45) is 2.45. The maximum atomic E-state index is 11.5. The largest absolute Gasteiger partial charge is 0.464 e. The van der Waals surface area contributed by atoms with E-state index in [1.165, 1.54) is 0 Å². The predicted molar refractivity (Wildman–Crippen MR) is 92.6 cm³/mol. The standard InChI is InChI=1S/C18H28N2O4/c1-20(2)13-14-23-17(21)11-7-4-8-12-19-18(22)24-15-16-9-5-3-6-10-16/h3,5-6,9-10H,4,7-8,11-15H2,1-2H3,(H,19,22). The van der Waals surface area contributed by atoms with Gasteiger partial charge in [0.25, 0.3) is 0 Å². The van der Waals surface area contributed by atoms with Crippen LogP contribution in [0.4, 0.5) is 4.79 Å². The Hall–Kier alpha value is -2.08. The third-order valence-electron chi connectivity index (χ3n) is 3.34. The van der Waals surface area contributed by atoms with Crippen LogP contribution in [0.15, 0.2) is 30.3 Å². The Labute approximate surface area is 144 Å². The first-order valence-corrected chi connectivity index (χ1v) is 8.33. The number of benzene rings is 1. The molecule has 1 N–H and O–H groups in total. The highest BCUT2D eigenvalue weighted by Gasteiger charge is 2.04. The molecule has 6 nitrogen and oxygen atoms in total. The number of esters is 1. The molecule has 6 heteroatoms. The second-order valence-corrected chi connectivity index (χ2v) is 5.82. The van der Waals surface area contributed by atoms with Crippen molar-refractivity contribution in [3.05, 3.63) is 35.9 Å². The number of hydrogen-bond acceptors (Lipinski definition) is 5. The minimum atomic E-state index is -0.415. The number of alkyl carbamates (subject to hydrolysis) is 1. The number of unbranched alkanes of at least 4 members (excludes halogenated alkanes) is 2. The van der Waals surface area contributed by atoms with Crippen LogP contribution >= 0.6 is 0 Å². The van der Waals surface area contributed by atoms with Gasteiger partial charge in [0.2, 0.25) is 0 Å². The van der Waals surface area contributed by atoms with Crippen molar-refractivity contribution in [2.24, 2.45) is 0 Å². The molecule has 1 amide bonds. The lowest BCUT2D eigenvalue weighted by Gasteiger charge is -2.10. The molecule has 134 valence electrons. The molecule has 0 atom stereocenters. The summed E-state index contributed by atoms with van der Waals surface area (Å²) in [5.74, 6) is -0.160. The fraction of sp³-hybridized carbons (Fsp3) is 0.556. The topological polar surface area (TPSA) is 67.9 Å². The van der Waals surface area contributed by atoms with Gasteiger partial charge in [-0.05, 0) is 32.5 Å². The Morgan fingerprint density at radius 2 is 1.79 bits per heavy atom. The van der Waals surface area contributed by atoms with E-state index in [1.807, 2.05) is 49.3 Å². The van der Waals surface area contributed by atoms with Gasteiger partial charge in [0.1, 0.15) is 13.2 Å². The summed E-state index contributed by atoms with van der Waals surface area (Å²) in [6.45, 7) is 1.98. The molecule has 0 aliphatic heterocycles. The Morgan fingerprint density at radius 3 is 2.50 bits per heavy atom. The average Bonchev–Trinajstić information content (AvgIpc) is 2.56. The summed E-state index contributed by atoms with van der Waals surface area (Å²) < 4.78 is 10.2. The van der Waals surface area contributed by atoms with Crippen molar-refractivity contribution in [3.8, 4) is 0 Å². The highest BCUT2D eigenvalue weighted by atomic mass is 16.5. The van der Waals surface area contributed by atoms with E-state index >= 15 is 0 Å². The summed E-state index contributed by atoms with van der Waals surface area (Å²) in [5, 5.41) is 2.70. The zero-order chi connectivity index (χ0) is 17.6. The SMILES string of the molecule is CN(C)CCOC(=O)CCCCCNC(=O)OCc1ccccc1. The zero-order valence-electron chi connectivity index (χ0n) is 14.6. The lowest BCUT2D eigenvalue weighted by atomic mass is 10.2. The van der Waals surface area contributed by atoms with Crippen molar-refractivity contribution in [3.63, 3.8) is 0 Å². The number of carbonyl (C=O) groups is 2. The van der Waals surface area contributed by atoms with Gasteiger partial charge in [-0.1, -0.05) is 36.8 Å². The van der Waals surface area contributed by atoms with Gasteiger partial charge in [-0.3, -0.25) is 4.79 Å². The molecule has 1 aromatic carbocycles. The number of rotatable bonds is 11. The fourth-order valence-electron chi connectivity index (χ4n) is 1.95. The summed E-state index contributed by atoms with van der Waals surface area (Å²) in [7, 11) is 3.87. The third-order valence-corrected chi connectivity index (χ3v) is 3.34.